The number of benzene rings is 3. The third-order valence-electron chi connectivity index (χ3n) is 4.71. The van der Waals surface area contributed by atoms with Crippen LogP contribution in [0.5, 0.6) is 5.75 Å². The highest BCUT2D eigenvalue weighted by atomic mass is 32.2. The van der Waals surface area contributed by atoms with E-state index in [9.17, 15) is 22.1 Å². The summed E-state index contributed by atoms with van der Waals surface area (Å²) in [5, 5.41) is 6.22. The van der Waals surface area contributed by atoms with E-state index >= 15 is 0 Å². The molecule has 0 aliphatic carbocycles. The van der Waals surface area contributed by atoms with Gasteiger partial charge in [0, 0.05) is 29.0 Å². The summed E-state index contributed by atoms with van der Waals surface area (Å²) in [6, 6.07) is 13.4. The van der Waals surface area contributed by atoms with Crippen LogP contribution in [0.25, 0.3) is 10.9 Å². The van der Waals surface area contributed by atoms with Crippen molar-refractivity contribution in [3.63, 3.8) is 0 Å². The molecule has 1 N–H and O–H groups in total. The Balaban J connectivity index is 1.85. The highest BCUT2D eigenvalue weighted by molar-refractivity contribution is 7.90. The number of nitroso groups, excluding NO2 is 1. The zero-order valence-corrected chi connectivity index (χ0v) is 16.9. The summed E-state index contributed by atoms with van der Waals surface area (Å²) in [6.45, 7) is 0. The molecular weight excluding hydrogens is 428 g/mol. The third-order valence-corrected chi connectivity index (χ3v) is 6.40. The summed E-state index contributed by atoms with van der Waals surface area (Å²) in [5.41, 5.74) is 0.598. The Morgan fingerprint density at radius 3 is 2.35 bits per heavy atom. The fourth-order valence-corrected chi connectivity index (χ4v) is 4.55. The Hall–Kier alpha value is -3.79. The van der Waals surface area contributed by atoms with E-state index in [4.69, 9.17) is 4.74 Å². The van der Waals surface area contributed by atoms with Crippen molar-refractivity contribution < 1.29 is 21.9 Å². The number of nitrogens with zero attached hydrogens (tertiary/aromatic N) is 2. The Labute approximate surface area is 175 Å². The maximum Gasteiger partial charge on any atom is 0.268 e. The lowest BCUT2D eigenvalue weighted by molar-refractivity contribution is 0.414. The van der Waals surface area contributed by atoms with Crippen molar-refractivity contribution >= 4 is 38.0 Å². The molecule has 0 saturated carbocycles. The Bertz CT molecular complexity index is 1400. The van der Waals surface area contributed by atoms with E-state index in [0.717, 1.165) is 16.1 Å². The van der Waals surface area contributed by atoms with Crippen molar-refractivity contribution in [3.8, 4) is 5.75 Å². The van der Waals surface area contributed by atoms with Gasteiger partial charge in [0.2, 0.25) is 0 Å². The molecular formula is C21H15F2N3O4S. The maximum absolute atomic E-state index is 13.6. The number of methoxy groups -OCH3 is 1. The van der Waals surface area contributed by atoms with E-state index in [1.165, 1.54) is 61.8 Å². The second-order valence-corrected chi connectivity index (χ2v) is 8.35. The molecule has 0 atom stereocenters. The van der Waals surface area contributed by atoms with Crippen LogP contribution in [0, 0.1) is 16.5 Å². The van der Waals surface area contributed by atoms with Gasteiger partial charge in [-0.3, -0.25) is 0 Å². The van der Waals surface area contributed by atoms with Gasteiger partial charge in [-0.25, -0.2) is 21.2 Å². The molecule has 0 unspecified atom stereocenters. The molecule has 1 heterocycles. The van der Waals surface area contributed by atoms with E-state index < -0.39 is 21.7 Å². The number of hydrogen-bond acceptors (Lipinski definition) is 6. The Morgan fingerprint density at radius 1 is 0.968 bits per heavy atom. The summed E-state index contributed by atoms with van der Waals surface area (Å²) in [6.07, 6.45) is 1.30. The van der Waals surface area contributed by atoms with Crippen LogP contribution in [0.15, 0.2) is 76.9 Å². The van der Waals surface area contributed by atoms with Crippen LogP contribution in [0.2, 0.25) is 0 Å². The van der Waals surface area contributed by atoms with Gasteiger partial charge in [-0.2, -0.15) is 0 Å². The average molecular weight is 443 g/mol. The van der Waals surface area contributed by atoms with Crippen LogP contribution in [0.4, 0.5) is 25.8 Å². The number of nitrogens with one attached hydrogen (secondary N) is 1. The number of rotatable bonds is 6. The van der Waals surface area contributed by atoms with Gasteiger partial charge in [0.1, 0.15) is 11.4 Å². The van der Waals surface area contributed by atoms with E-state index in [2.05, 4.69) is 10.5 Å². The van der Waals surface area contributed by atoms with Crippen molar-refractivity contribution in [1.29, 1.82) is 0 Å². The summed E-state index contributed by atoms with van der Waals surface area (Å²) < 4.78 is 59.2. The van der Waals surface area contributed by atoms with Crippen molar-refractivity contribution in [1.82, 2.24) is 3.97 Å². The van der Waals surface area contributed by atoms with Gasteiger partial charge in [0.05, 0.1) is 17.5 Å². The molecule has 0 fully saturated rings. The number of fused-ring (bicyclic) bond motifs is 1. The molecule has 0 spiro atoms. The maximum atomic E-state index is 13.6. The minimum absolute atomic E-state index is 0.0124. The Kier molecular flexibility index (Phi) is 5.15. The Morgan fingerprint density at radius 2 is 1.71 bits per heavy atom. The normalized spacial score (nSPS) is 11.5. The van der Waals surface area contributed by atoms with Crippen molar-refractivity contribution in [2.75, 3.05) is 12.4 Å². The van der Waals surface area contributed by atoms with Crippen LogP contribution in [-0.4, -0.2) is 19.5 Å². The topological polar surface area (TPSA) is 89.8 Å². The molecule has 0 saturated heterocycles. The molecule has 0 amide bonds. The first-order valence-corrected chi connectivity index (χ1v) is 10.4. The lowest BCUT2D eigenvalue weighted by atomic mass is 10.2. The van der Waals surface area contributed by atoms with Gasteiger partial charge in [-0.15, -0.1) is 4.91 Å². The van der Waals surface area contributed by atoms with Gasteiger partial charge in [0.15, 0.2) is 11.6 Å². The highest BCUT2D eigenvalue weighted by Crippen LogP contribution is 2.36. The number of anilines is 2. The van der Waals surface area contributed by atoms with Gasteiger partial charge in [0.25, 0.3) is 10.0 Å². The van der Waals surface area contributed by atoms with Crippen LogP contribution in [-0.2, 0) is 10.0 Å². The molecule has 0 bridgehead atoms. The lowest BCUT2D eigenvalue weighted by Crippen LogP contribution is -2.11. The monoisotopic (exact) mass is 443 g/mol. The van der Waals surface area contributed by atoms with E-state index in [1.807, 2.05) is 0 Å². The zero-order valence-electron chi connectivity index (χ0n) is 16.0. The van der Waals surface area contributed by atoms with Crippen LogP contribution < -0.4 is 10.1 Å². The van der Waals surface area contributed by atoms with Crippen molar-refractivity contribution in [2.24, 2.45) is 5.18 Å². The van der Waals surface area contributed by atoms with Gasteiger partial charge < -0.3 is 10.1 Å². The van der Waals surface area contributed by atoms with Crippen LogP contribution in [0.1, 0.15) is 0 Å². The molecule has 0 radical (unpaired) electrons. The van der Waals surface area contributed by atoms with Gasteiger partial charge >= 0.3 is 0 Å². The minimum atomic E-state index is -4.06. The van der Waals surface area contributed by atoms with Crippen LogP contribution in [0.3, 0.4) is 0 Å². The van der Waals surface area contributed by atoms with Crippen LogP contribution >= 0.6 is 0 Å². The van der Waals surface area contributed by atoms with Gasteiger partial charge in [-0.05, 0) is 59.8 Å². The van der Waals surface area contributed by atoms with E-state index in [-0.39, 0.29) is 21.8 Å². The first-order chi connectivity index (χ1) is 14.8. The number of hydrogen-bond donors (Lipinski definition) is 1. The molecule has 4 aromatic rings. The highest BCUT2D eigenvalue weighted by Gasteiger charge is 2.22. The second kappa shape index (κ2) is 7.80. The number of halogens is 2. The van der Waals surface area contributed by atoms with Crippen molar-refractivity contribution in [3.05, 3.63) is 83.4 Å². The van der Waals surface area contributed by atoms with E-state index in [1.54, 1.807) is 0 Å². The first kappa shape index (κ1) is 20.5. The largest absolute Gasteiger partial charge is 0.497 e. The van der Waals surface area contributed by atoms with Gasteiger partial charge in [-0.1, -0.05) is 0 Å². The predicted octanol–water partition coefficient (Wildman–Crippen LogP) is 5.31. The van der Waals surface area contributed by atoms with Crippen molar-refractivity contribution in [2.45, 2.75) is 4.90 Å². The second-order valence-electron chi connectivity index (χ2n) is 6.53. The summed E-state index contributed by atoms with van der Waals surface area (Å²) >= 11 is 0. The average Bonchev–Trinajstić information content (AvgIpc) is 3.23. The molecule has 1 aromatic heterocycles. The summed E-state index contributed by atoms with van der Waals surface area (Å²) in [5.74, 6) is -1.54. The first-order valence-electron chi connectivity index (χ1n) is 8.94. The summed E-state index contributed by atoms with van der Waals surface area (Å²) in [4.78, 5) is 11.4. The standard InChI is InChI=1S/C21H15F2N3O4S/c1-30-14-3-5-15(6-4-14)31(28,29)26-11-10-16-19(8-9-20(25-27)21(16)26)24-13-2-7-17(22)18(23)12-13/h2-12,24H,1H3. The molecule has 31 heavy (non-hydrogen) atoms. The zero-order chi connectivity index (χ0) is 22.2. The molecule has 10 heteroatoms. The molecule has 0 aliphatic rings. The SMILES string of the molecule is COc1ccc(S(=O)(=O)n2ccc3c(Nc4ccc(F)c(F)c4)ccc(N=O)c32)cc1. The molecule has 0 aliphatic heterocycles. The predicted molar refractivity (Wildman–Crippen MR) is 113 cm³/mol. The number of aromatic nitrogens is 1. The molecule has 7 nitrogen and oxygen atoms in total. The fraction of sp³-hybridized carbons (Fsp3) is 0.0476. The quantitative estimate of drug-likeness (QED) is 0.408. The molecule has 3 aromatic carbocycles. The molecule has 4 rings (SSSR count). The van der Waals surface area contributed by atoms with E-state index in [0.29, 0.717) is 16.8 Å². The fourth-order valence-electron chi connectivity index (χ4n) is 3.19. The molecule has 158 valence electrons. The minimum Gasteiger partial charge on any atom is -0.497 e. The third kappa shape index (κ3) is 3.61. The summed E-state index contributed by atoms with van der Waals surface area (Å²) in [7, 11) is -2.59. The smallest absolute Gasteiger partial charge is 0.268 e. The number of ether oxygens (including phenoxy) is 1. The lowest BCUT2D eigenvalue weighted by Gasteiger charge is -2.12.